The molecular weight excluding hydrogens is 454 g/mol. The summed E-state index contributed by atoms with van der Waals surface area (Å²) in [5.41, 5.74) is 0. The number of ketones is 1. The number of carbonyl (C=O) groups is 1. The van der Waals surface area contributed by atoms with Gasteiger partial charge in [0, 0.05) is 38.6 Å². The van der Waals surface area contributed by atoms with Crippen molar-refractivity contribution in [2.24, 2.45) is 11.8 Å². The van der Waals surface area contributed by atoms with Crippen LogP contribution in [-0.4, -0.2) is 116 Å². The molecule has 0 aromatic carbocycles. The Morgan fingerprint density at radius 1 is 1.21 bits per heavy atom. The topological polar surface area (TPSA) is 98.3 Å². The van der Waals surface area contributed by atoms with Crippen LogP contribution in [0.25, 0.3) is 0 Å². The van der Waals surface area contributed by atoms with Crippen molar-refractivity contribution in [2.45, 2.75) is 74.6 Å². The van der Waals surface area contributed by atoms with E-state index in [9.17, 15) is 9.90 Å². The van der Waals surface area contributed by atoms with Crippen LogP contribution < -0.4 is 16.0 Å². The summed E-state index contributed by atoms with van der Waals surface area (Å²) in [5, 5.41) is 20.3. The molecular formula is C24H43N5O4S. The van der Waals surface area contributed by atoms with E-state index in [1.807, 2.05) is 11.8 Å². The van der Waals surface area contributed by atoms with Gasteiger partial charge in [0.25, 0.3) is 0 Å². The minimum absolute atomic E-state index is 0.0432. The zero-order chi connectivity index (χ0) is 23.5. The maximum absolute atomic E-state index is 12.9. The molecule has 9 nitrogen and oxygen atoms in total. The second kappa shape index (κ2) is 11.8. The van der Waals surface area contributed by atoms with Crippen LogP contribution in [0.3, 0.4) is 0 Å². The molecule has 4 saturated heterocycles. The first-order valence-electron chi connectivity index (χ1n) is 13.3. The number of ether oxygens (including phenoxy) is 2. The quantitative estimate of drug-likeness (QED) is 0.385. The fourth-order valence-electron chi connectivity index (χ4n) is 6.50. The van der Waals surface area contributed by atoms with E-state index in [-0.39, 0.29) is 36.6 Å². The number of fused-ring (bicyclic) bond motifs is 1. The van der Waals surface area contributed by atoms with Crippen LogP contribution in [0.1, 0.15) is 38.5 Å². The van der Waals surface area contributed by atoms with Crippen LogP contribution in [0.4, 0.5) is 0 Å². The second-order valence-corrected chi connectivity index (χ2v) is 11.8. The van der Waals surface area contributed by atoms with Gasteiger partial charge in [0.15, 0.2) is 5.78 Å². The fourth-order valence-corrected chi connectivity index (χ4v) is 8.13. The summed E-state index contributed by atoms with van der Waals surface area (Å²) in [6, 6.07) is 0.503. The number of Topliss-reactive ketones (excluding diaryl/α,β-unsaturated/α-hetero) is 1. The van der Waals surface area contributed by atoms with Gasteiger partial charge in [-0.3, -0.25) is 30.5 Å². The van der Waals surface area contributed by atoms with Crippen molar-refractivity contribution >= 4 is 17.5 Å². The Morgan fingerprint density at radius 2 is 2.00 bits per heavy atom. The number of nitrogens with zero attached hydrogens (tertiary/aromatic N) is 2. The smallest absolute Gasteiger partial charge is 0.152 e. The maximum atomic E-state index is 12.9. The largest absolute Gasteiger partial charge is 0.395 e. The van der Waals surface area contributed by atoms with E-state index in [0.29, 0.717) is 36.6 Å². The molecule has 5 aliphatic rings. The Morgan fingerprint density at radius 3 is 2.76 bits per heavy atom. The molecule has 0 aromatic heterocycles. The first-order chi connectivity index (χ1) is 16.6. The van der Waals surface area contributed by atoms with Crippen molar-refractivity contribution in [2.75, 3.05) is 58.8 Å². The molecule has 4 N–H and O–H groups in total. The highest BCUT2D eigenvalue weighted by Gasteiger charge is 2.50. The summed E-state index contributed by atoms with van der Waals surface area (Å²) < 4.78 is 12.2. The van der Waals surface area contributed by atoms with Crippen LogP contribution >= 0.6 is 11.8 Å². The lowest BCUT2D eigenvalue weighted by atomic mass is 9.75. The highest BCUT2D eigenvalue weighted by molar-refractivity contribution is 8.01. The molecule has 6 unspecified atom stereocenters. The molecule has 4 aliphatic heterocycles. The molecule has 0 amide bonds. The highest BCUT2D eigenvalue weighted by Crippen LogP contribution is 2.46. The third kappa shape index (κ3) is 5.81. The Balaban J connectivity index is 1.11. The summed E-state index contributed by atoms with van der Waals surface area (Å²) in [6.45, 7) is 5.05. The first-order valence-corrected chi connectivity index (χ1v) is 14.4. The van der Waals surface area contributed by atoms with Crippen molar-refractivity contribution in [3.8, 4) is 0 Å². The van der Waals surface area contributed by atoms with Gasteiger partial charge in [0.2, 0.25) is 0 Å². The van der Waals surface area contributed by atoms with Crippen molar-refractivity contribution in [1.82, 2.24) is 25.8 Å². The second-order valence-electron chi connectivity index (χ2n) is 10.6. The number of aliphatic hydroxyl groups excluding tert-OH is 1. The van der Waals surface area contributed by atoms with Gasteiger partial charge in [-0.2, -0.15) is 0 Å². The number of hydrogen-bond acceptors (Lipinski definition) is 10. The number of hydrogen-bond donors (Lipinski definition) is 4. The lowest BCUT2D eigenvalue weighted by Crippen LogP contribution is -2.66. The predicted octanol–water partition coefficient (Wildman–Crippen LogP) is -0.000600. The molecule has 0 spiro atoms. The molecule has 6 atom stereocenters. The zero-order valence-electron chi connectivity index (χ0n) is 20.5. The molecule has 34 heavy (non-hydrogen) atoms. The molecule has 0 radical (unpaired) electrons. The molecule has 5 rings (SSSR count). The van der Waals surface area contributed by atoms with E-state index in [2.05, 4.69) is 32.8 Å². The first kappa shape index (κ1) is 25.4. The SMILES string of the molecule is CN(CCO)C1CCNC(NC2CCC(C3CSC4C(=O)CC(N5CCOCC5)OC43)CC2)N1. The number of rotatable bonds is 7. The van der Waals surface area contributed by atoms with Gasteiger partial charge in [-0.15, -0.1) is 11.8 Å². The number of thioether (sulfide) groups is 1. The number of likely N-dealkylation sites (N-methyl/N-ethyl adjacent to an activating group) is 1. The summed E-state index contributed by atoms with van der Waals surface area (Å²) in [5.74, 6) is 2.59. The van der Waals surface area contributed by atoms with Gasteiger partial charge in [-0.25, -0.2) is 0 Å². The van der Waals surface area contributed by atoms with Crippen LogP contribution in [0.5, 0.6) is 0 Å². The van der Waals surface area contributed by atoms with E-state index < -0.39 is 0 Å². The molecule has 0 aromatic rings. The molecule has 1 saturated carbocycles. The Labute approximate surface area is 208 Å². The van der Waals surface area contributed by atoms with Gasteiger partial charge >= 0.3 is 0 Å². The standard InChI is InChI=1S/C24H43N5O4S/c1-28(8-11-30)20-6-7-25-24(27-20)26-17-4-2-16(3-5-17)18-15-34-23-19(31)14-21(33-22(18)23)29-9-12-32-13-10-29/h16-18,20-27,30H,2-15H2,1H3. The summed E-state index contributed by atoms with van der Waals surface area (Å²) in [6.07, 6.45) is 6.73. The maximum Gasteiger partial charge on any atom is 0.152 e. The minimum atomic E-state index is -0.0581. The van der Waals surface area contributed by atoms with Crippen LogP contribution in [0.2, 0.25) is 0 Å². The van der Waals surface area contributed by atoms with Gasteiger partial charge in [-0.05, 0) is 56.7 Å². The average molecular weight is 498 g/mol. The van der Waals surface area contributed by atoms with Crippen molar-refractivity contribution in [1.29, 1.82) is 0 Å². The highest BCUT2D eigenvalue weighted by atomic mass is 32.2. The predicted molar refractivity (Wildman–Crippen MR) is 132 cm³/mol. The van der Waals surface area contributed by atoms with E-state index in [1.54, 1.807) is 0 Å². The van der Waals surface area contributed by atoms with E-state index in [1.165, 1.54) is 25.7 Å². The zero-order valence-corrected chi connectivity index (χ0v) is 21.3. The molecule has 0 bridgehead atoms. The van der Waals surface area contributed by atoms with Gasteiger partial charge < -0.3 is 14.6 Å². The number of aliphatic hydroxyl groups is 1. The van der Waals surface area contributed by atoms with E-state index in [4.69, 9.17) is 9.47 Å². The third-order valence-electron chi connectivity index (χ3n) is 8.54. The lowest BCUT2D eigenvalue weighted by molar-refractivity contribution is -0.170. The fraction of sp³-hybridized carbons (Fsp3) is 0.958. The molecule has 10 heteroatoms. The van der Waals surface area contributed by atoms with E-state index in [0.717, 1.165) is 45.0 Å². The van der Waals surface area contributed by atoms with Gasteiger partial charge in [-0.1, -0.05) is 0 Å². The average Bonchev–Trinajstić information content (AvgIpc) is 3.30. The minimum Gasteiger partial charge on any atom is -0.395 e. The lowest BCUT2D eigenvalue weighted by Gasteiger charge is -2.43. The summed E-state index contributed by atoms with van der Waals surface area (Å²) in [4.78, 5) is 17.5. The monoisotopic (exact) mass is 497 g/mol. The Bertz CT molecular complexity index is 676. The molecule has 1 aliphatic carbocycles. The Hall–Kier alpha value is -0.300. The normalized spacial score (nSPS) is 42.1. The van der Waals surface area contributed by atoms with Crippen molar-refractivity contribution in [3.63, 3.8) is 0 Å². The van der Waals surface area contributed by atoms with Crippen molar-refractivity contribution < 1.29 is 19.4 Å². The van der Waals surface area contributed by atoms with Gasteiger partial charge in [0.05, 0.1) is 37.3 Å². The number of nitrogens with one attached hydrogen (secondary N) is 3. The molecule has 194 valence electrons. The van der Waals surface area contributed by atoms with Crippen LogP contribution in [-0.2, 0) is 14.3 Å². The van der Waals surface area contributed by atoms with Gasteiger partial charge in [0.1, 0.15) is 12.5 Å². The van der Waals surface area contributed by atoms with Crippen molar-refractivity contribution in [3.05, 3.63) is 0 Å². The molecule has 5 fully saturated rings. The molecule has 4 heterocycles. The summed E-state index contributed by atoms with van der Waals surface area (Å²) >= 11 is 1.85. The number of morpholine rings is 1. The summed E-state index contributed by atoms with van der Waals surface area (Å²) in [7, 11) is 2.07. The van der Waals surface area contributed by atoms with E-state index >= 15 is 0 Å². The number of carbonyl (C=O) groups excluding carboxylic acids is 1. The third-order valence-corrected chi connectivity index (χ3v) is 10.0. The Kier molecular flexibility index (Phi) is 8.82. The van der Waals surface area contributed by atoms with Crippen LogP contribution in [0, 0.1) is 11.8 Å². The van der Waals surface area contributed by atoms with Crippen LogP contribution in [0.15, 0.2) is 0 Å².